The van der Waals surface area contributed by atoms with Crippen molar-refractivity contribution < 1.29 is 9.26 Å². The van der Waals surface area contributed by atoms with Crippen molar-refractivity contribution >= 4 is 5.82 Å². The number of nitrogens with zero attached hydrogens (tertiary/aromatic N) is 4. The molecular formula is C18H26N4O2. The largest absolute Gasteiger partial charge is 0.376 e. The number of anilines is 1. The average molecular weight is 330 g/mol. The minimum atomic E-state index is 0.305. The standard InChI is InChI=1S/C18H26N4O2/c1-13(2)10-16-20-18(24-21-16)14-7-8-17(19-11-14)22(3)12-15-6-4-5-9-23-15/h7-8,11,13,15H,4-6,9-10,12H2,1-3H3/t15-/m1/s1. The number of hydrogen-bond acceptors (Lipinski definition) is 6. The molecule has 3 heterocycles. The van der Waals surface area contributed by atoms with Crippen molar-refractivity contribution in [1.29, 1.82) is 0 Å². The molecule has 1 atom stereocenters. The summed E-state index contributed by atoms with van der Waals surface area (Å²) in [6.45, 7) is 6.02. The first kappa shape index (κ1) is 16.9. The van der Waals surface area contributed by atoms with Gasteiger partial charge in [0.15, 0.2) is 5.82 Å². The molecule has 24 heavy (non-hydrogen) atoms. The number of hydrogen-bond donors (Lipinski definition) is 0. The van der Waals surface area contributed by atoms with Crippen LogP contribution in [0.25, 0.3) is 11.5 Å². The summed E-state index contributed by atoms with van der Waals surface area (Å²) in [6, 6.07) is 3.97. The third-order valence-corrected chi connectivity index (χ3v) is 4.20. The predicted molar refractivity (Wildman–Crippen MR) is 92.9 cm³/mol. The van der Waals surface area contributed by atoms with Gasteiger partial charge in [0.1, 0.15) is 5.82 Å². The lowest BCUT2D eigenvalue weighted by Crippen LogP contribution is -2.33. The molecule has 0 spiro atoms. The van der Waals surface area contributed by atoms with E-state index in [-0.39, 0.29) is 0 Å². The summed E-state index contributed by atoms with van der Waals surface area (Å²) in [5, 5.41) is 4.03. The molecule has 130 valence electrons. The number of ether oxygens (including phenoxy) is 1. The molecule has 2 aromatic rings. The zero-order valence-electron chi connectivity index (χ0n) is 14.7. The molecule has 0 radical (unpaired) electrons. The molecule has 0 saturated carbocycles. The summed E-state index contributed by atoms with van der Waals surface area (Å²) in [7, 11) is 2.05. The summed E-state index contributed by atoms with van der Waals surface area (Å²) in [5.41, 5.74) is 0.851. The Morgan fingerprint density at radius 1 is 1.29 bits per heavy atom. The summed E-state index contributed by atoms with van der Waals surface area (Å²) in [6.07, 6.45) is 6.47. The van der Waals surface area contributed by atoms with E-state index in [1.54, 1.807) is 6.20 Å². The number of pyridine rings is 1. The topological polar surface area (TPSA) is 64.3 Å². The zero-order valence-corrected chi connectivity index (χ0v) is 14.7. The molecular weight excluding hydrogens is 304 g/mol. The summed E-state index contributed by atoms with van der Waals surface area (Å²) in [5.74, 6) is 2.71. The van der Waals surface area contributed by atoms with Gasteiger partial charge in [-0.3, -0.25) is 0 Å². The molecule has 0 bridgehead atoms. The fourth-order valence-electron chi connectivity index (χ4n) is 2.91. The van der Waals surface area contributed by atoms with Crippen LogP contribution in [0.1, 0.15) is 38.9 Å². The lowest BCUT2D eigenvalue weighted by atomic mass is 10.1. The minimum Gasteiger partial charge on any atom is -0.376 e. The van der Waals surface area contributed by atoms with Crippen LogP contribution in [-0.2, 0) is 11.2 Å². The fourth-order valence-corrected chi connectivity index (χ4v) is 2.91. The van der Waals surface area contributed by atoms with Crippen molar-refractivity contribution in [2.75, 3.05) is 25.1 Å². The highest BCUT2D eigenvalue weighted by Crippen LogP contribution is 2.21. The molecule has 1 fully saturated rings. The highest BCUT2D eigenvalue weighted by atomic mass is 16.5. The first-order chi connectivity index (χ1) is 11.6. The molecule has 0 aromatic carbocycles. The molecule has 6 heteroatoms. The van der Waals surface area contributed by atoms with Gasteiger partial charge in [-0.25, -0.2) is 4.98 Å². The molecule has 2 aromatic heterocycles. The normalized spacial score (nSPS) is 18.1. The Morgan fingerprint density at radius 2 is 2.17 bits per heavy atom. The van der Waals surface area contributed by atoms with E-state index in [4.69, 9.17) is 9.26 Å². The van der Waals surface area contributed by atoms with Crippen LogP contribution < -0.4 is 4.90 Å². The second-order valence-corrected chi connectivity index (χ2v) is 6.89. The van der Waals surface area contributed by atoms with Crippen LogP contribution in [0.5, 0.6) is 0 Å². The van der Waals surface area contributed by atoms with Crippen molar-refractivity contribution in [2.24, 2.45) is 5.92 Å². The first-order valence-electron chi connectivity index (χ1n) is 8.73. The van der Waals surface area contributed by atoms with Crippen molar-refractivity contribution in [3.05, 3.63) is 24.2 Å². The van der Waals surface area contributed by atoms with Crippen LogP contribution in [0.4, 0.5) is 5.82 Å². The lowest BCUT2D eigenvalue weighted by molar-refractivity contribution is 0.0215. The maximum absolute atomic E-state index is 5.79. The van der Waals surface area contributed by atoms with Crippen LogP contribution in [0, 0.1) is 5.92 Å². The third-order valence-electron chi connectivity index (χ3n) is 4.20. The highest BCUT2D eigenvalue weighted by Gasteiger charge is 2.17. The Morgan fingerprint density at radius 3 is 2.83 bits per heavy atom. The Kier molecular flexibility index (Phi) is 5.45. The van der Waals surface area contributed by atoms with E-state index in [0.717, 1.165) is 43.2 Å². The zero-order chi connectivity index (χ0) is 16.9. The van der Waals surface area contributed by atoms with Gasteiger partial charge in [-0.05, 0) is 37.3 Å². The molecule has 0 amide bonds. The summed E-state index contributed by atoms with van der Waals surface area (Å²) >= 11 is 0. The SMILES string of the molecule is CC(C)Cc1noc(-c2ccc(N(C)C[C@H]3CCCCO3)nc2)n1. The van der Waals surface area contributed by atoms with Crippen LogP contribution >= 0.6 is 0 Å². The van der Waals surface area contributed by atoms with Crippen molar-refractivity contribution in [3.8, 4) is 11.5 Å². The maximum Gasteiger partial charge on any atom is 0.259 e. The quantitative estimate of drug-likeness (QED) is 0.809. The Hall–Kier alpha value is -1.95. The average Bonchev–Trinajstić information content (AvgIpc) is 3.03. The third kappa shape index (κ3) is 4.32. The Labute approximate surface area is 143 Å². The number of aromatic nitrogens is 3. The van der Waals surface area contributed by atoms with Gasteiger partial charge in [-0.15, -0.1) is 0 Å². The lowest BCUT2D eigenvalue weighted by Gasteiger charge is -2.28. The van der Waals surface area contributed by atoms with Gasteiger partial charge in [-0.1, -0.05) is 19.0 Å². The van der Waals surface area contributed by atoms with E-state index in [1.165, 1.54) is 12.8 Å². The first-order valence-corrected chi connectivity index (χ1v) is 8.73. The predicted octanol–water partition coefficient (Wildman–Crippen LogP) is 3.34. The van der Waals surface area contributed by atoms with Gasteiger partial charge in [0.2, 0.25) is 0 Å². The van der Waals surface area contributed by atoms with E-state index in [9.17, 15) is 0 Å². The molecule has 0 unspecified atom stereocenters. The van der Waals surface area contributed by atoms with Gasteiger partial charge >= 0.3 is 0 Å². The van der Waals surface area contributed by atoms with Crippen LogP contribution in [0.2, 0.25) is 0 Å². The molecule has 3 rings (SSSR count). The summed E-state index contributed by atoms with van der Waals surface area (Å²) < 4.78 is 11.1. The van der Waals surface area contributed by atoms with E-state index >= 15 is 0 Å². The second-order valence-electron chi connectivity index (χ2n) is 6.89. The van der Waals surface area contributed by atoms with Gasteiger partial charge < -0.3 is 14.2 Å². The molecule has 1 aliphatic rings. The number of rotatable bonds is 6. The van der Waals surface area contributed by atoms with E-state index < -0.39 is 0 Å². The van der Waals surface area contributed by atoms with Gasteiger partial charge in [-0.2, -0.15) is 4.98 Å². The van der Waals surface area contributed by atoms with Crippen molar-refractivity contribution in [1.82, 2.24) is 15.1 Å². The Bertz CT molecular complexity index is 633. The highest BCUT2D eigenvalue weighted by molar-refractivity contribution is 5.54. The van der Waals surface area contributed by atoms with Crippen LogP contribution in [-0.4, -0.2) is 41.4 Å². The van der Waals surface area contributed by atoms with Crippen molar-refractivity contribution in [3.63, 3.8) is 0 Å². The number of likely N-dealkylation sites (N-methyl/N-ethyl adjacent to an activating group) is 1. The van der Waals surface area contributed by atoms with Gasteiger partial charge in [0.25, 0.3) is 5.89 Å². The van der Waals surface area contributed by atoms with E-state index in [0.29, 0.717) is 17.9 Å². The molecule has 0 N–H and O–H groups in total. The van der Waals surface area contributed by atoms with E-state index in [2.05, 4.69) is 33.9 Å². The van der Waals surface area contributed by atoms with Crippen LogP contribution in [0.3, 0.4) is 0 Å². The van der Waals surface area contributed by atoms with E-state index in [1.807, 2.05) is 19.2 Å². The van der Waals surface area contributed by atoms with Gasteiger partial charge in [0.05, 0.1) is 11.7 Å². The smallest absolute Gasteiger partial charge is 0.259 e. The summed E-state index contributed by atoms with van der Waals surface area (Å²) in [4.78, 5) is 11.1. The molecule has 1 saturated heterocycles. The van der Waals surface area contributed by atoms with Crippen LogP contribution in [0.15, 0.2) is 22.9 Å². The monoisotopic (exact) mass is 330 g/mol. The molecule has 0 aliphatic carbocycles. The minimum absolute atomic E-state index is 0.305. The molecule has 1 aliphatic heterocycles. The maximum atomic E-state index is 5.79. The second kappa shape index (κ2) is 7.75. The van der Waals surface area contributed by atoms with Gasteiger partial charge in [0, 0.05) is 32.8 Å². The Balaban J connectivity index is 1.63. The van der Waals surface area contributed by atoms with Crippen molar-refractivity contribution in [2.45, 2.75) is 45.6 Å². The molecule has 6 nitrogen and oxygen atoms in total. The fraction of sp³-hybridized carbons (Fsp3) is 0.611.